The maximum atomic E-state index is 13.3. The van der Waals surface area contributed by atoms with Crippen LogP contribution in [0, 0.1) is 18.7 Å². The van der Waals surface area contributed by atoms with Crippen molar-refractivity contribution in [2.75, 3.05) is 17.7 Å². The number of carbonyl (C=O) groups excluding carboxylic acids is 2. The topological polar surface area (TPSA) is 61.4 Å². The molecule has 0 aromatic heterocycles. The Morgan fingerprint density at radius 1 is 1.12 bits per heavy atom. The molecule has 0 spiro atoms. The number of rotatable bonds is 5. The van der Waals surface area contributed by atoms with Crippen LogP contribution in [0.5, 0.6) is 0 Å². The van der Waals surface area contributed by atoms with E-state index in [1.807, 2.05) is 26.8 Å². The van der Waals surface area contributed by atoms with Gasteiger partial charge in [-0.1, -0.05) is 32.0 Å². The van der Waals surface area contributed by atoms with E-state index in [2.05, 4.69) is 10.6 Å². The lowest BCUT2D eigenvalue weighted by atomic mass is 10.1. The minimum absolute atomic E-state index is 0.0886. The number of nitrogens with one attached hydrogen (secondary N) is 2. The van der Waals surface area contributed by atoms with E-state index in [1.54, 1.807) is 31.3 Å². The predicted molar refractivity (Wildman–Crippen MR) is 102 cm³/mol. The van der Waals surface area contributed by atoms with Gasteiger partial charge in [0.1, 0.15) is 5.82 Å². The van der Waals surface area contributed by atoms with Crippen molar-refractivity contribution in [3.63, 3.8) is 0 Å². The first-order chi connectivity index (χ1) is 12.3. The number of anilines is 2. The molecule has 2 N–H and O–H groups in total. The van der Waals surface area contributed by atoms with Crippen molar-refractivity contribution in [1.29, 1.82) is 0 Å². The molecule has 2 aromatic carbocycles. The molecule has 26 heavy (non-hydrogen) atoms. The first-order valence-electron chi connectivity index (χ1n) is 8.44. The molecule has 138 valence electrons. The van der Waals surface area contributed by atoms with Crippen molar-refractivity contribution in [3.05, 3.63) is 59.4 Å². The van der Waals surface area contributed by atoms with E-state index in [1.165, 1.54) is 17.0 Å². The van der Waals surface area contributed by atoms with Gasteiger partial charge in [-0.25, -0.2) is 9.18 Å². The van der Waals surface area contributed by atoms with Crippen molar-refractivity contribution in [1.82, 2.24) is 4.90 Å². The molecule has 0 aliphatic heterocycles. The number of amides is 3. The van der Waals surface area contributed by atoms with Crippen LogP contribution in [0.3, 0.4) is 0 Å². The summed E-state index contributed by atoms with van der Waals surface area (Å²) in [6.07, 6.45) is 0. The SMILES string of the molecule is Cc1ccc(NC(=O)C(C)C)cc1NC(=O)N(C)Cc1cccc(F)c1. The zero-order valence-corrected chi connectivity index (χ0v) is 15.5. The lowest BCUT2D eigenvalue weighted by molar-refractivity contribution is -0.118. The van der Waals surface area contributed by atoms with Gasteiger partial charge in [0.15, 0.2) is 0 Å². The second-order valence-corrected chi connectivity index (χ2v) is 6.59. The molecule has 0 aliphatic rings. The predicted octanol–water partition coefficient (Wildman–Crippen LogP) is 4.39. The minimum Gasteiger partial charge on any atom is -0.326 e. The normalized spacial score (nSPS) is 10.5. The van der Waals surface area contributed by atoms with Gasteiger partial charge in [-0.05, 0) is 42.3 Å². The van der Waals surface area contributed by atoms with Gasteiger partial charge in [0, 0.05) is 30.9 Å². The average Bonchev–Trinajstić information content (AvgIpc) is 2.57. The highest BCUT2D eigenvalue weighted by Crippen LogP contribution is 2.21. The summed E-state index contributed by atoms with van der Waals surface area (Å²) in [7, 11) is 1.64. The van der Waals surface area contributed by atoms with Crippen LogP contribution >= 0.6 is 0 Å². The third kappa shape index (κ3) is 5.31. The highest BCUT2D eigenvalue weighted by molar-refractivity contribution is 5.94. The Morgan fingerprint density at radius 2 is 1.85 bits per heavy atom. The fraction of sp³-hybridized carbons (Fsp3) is 0.300. The molecule has 0 unspecified atom stereocenters. The van der Waals surface area contributed by atoms with Gasteiger partial charge in [0.2, 0.25) is 5.91 Å². The molecule has 0 saturated heterocycles. The van der Waals surface area contributed by atoms with Crippen molar-refractivity contribution >= 4 is 23.3 Å². The third-order valence-electron chi connectivity index (χ3n) is 3.93. The number of nitrogens with zero attached hydrogens (tertiary/aromatic N) is 1. The molecular formula is C20H24FN3O2. The first-order valence-corrected chi connectivity index (χ1v) is 8.44. The largest absolute Gasteiger partial charge is 0.326 e. The van der Waals surface area contributed by atoms with Crippen LogP contribution in [0.2, 0.25) is 0 Å². The van der Waals surface area contributed by atoms with Crippen LogP contribution in [0.15, 0.2) is 42.5 Å². The van der Waals surface area contributed by atoms with Crippen LogP contribution < -0.4 is 10.6 Å². The summed E-state index contributed by atoms with van der Waals surface area (Å²) in [5, 5.41) is 5.64. The van der Waals surface area contributed by atoms with E-state index >= 15 is 0 Å². The number of hydrogen-bond donors (Lipinski definition) is 2. The summed E-state index contributed by atoms with van der Waals surface area (Å²) >= 11 is 0. The maximum absolute atomic E-state index is 13.3. The number of halogens is 1. The number of carbonyl (C=O) groups is 2. The summed E-state index contributed by atoms with van der Waals surface area (Å²) < 4.78 is 13.3. The third-order valence-corrected chi connectivity index (χ3v) is 3.93. The highest BCUT2D eigenvalue weighted by Gasteiger charge is 2.13. The van der Waals surface area contributed by atoms with E-state index < -0.39 is 0 Å². The van der Waals surface area contributed by atoms with Gasteiger partial charge in [0.25, 0.3) is 0 Å². The number of benzene rings is 2. The fourth-order valence-electron chi connectivity index (χ4n) is 2.31. The molecule has 3 amide bonds. The molecule has 5 nitrogen and oxygen atoms in total. The van der Waals surface area contributed by atoms with Gasteiger partial charge in [-0.3, -0.25) is 4.79 Å². The smallest absolute Gasteiger partial charge is 0.321 e. The zero-order valence-electron chi connectivity index (χ0n) is 15.5. The van der Waals surface area contributed by atoms with Gasteiger partial charge >= 0.3 is 6.03 Å². The van der Waals surface area contributed by atoms with Crippen molar-refractivity contribution in [2.45, 2.75) is 27.3 Å². The Bertz CT molecular complexity index is 805. The van der Waals surface area contributed by atoms with Crippen LogP contribution in [0.1, 0.15) is 25.0 Å². The molecule has 2 aromatic rings. The molecule has 0 saturated carbocycles. The molecule has 2 rings (SSSR count). The quantitative estimate of drug-likeness (QED) is 0.833. The Hall–Kier alpha value is -2.89. The average molecular weight is 357 g/mol. The number of hydrogen-bond acceptors (Lipinski definition) is 2. The number of aryl methyl sites for hydroxylation is 1. The van der Waals surface area contributed by atoms with Crippen molar-refractivity contribution in [2.24, 2.45) is 5.92 Å². The van der Waals surface area contributed by atoms with Crippen LogP contribution in [-0.4, -0.2) is 23.9 Å². The van der Waals surface area contributed by atoms with E-state index in [4.69, 9.17) is 0 Å². The highest BCUT2D eigenvalue weighted by atomic mass is 19.1. The Labute approximate surface area is 153 Å². The van der Waals surface area contributed by atoms with Gasteiger partial charge in [-0.15, -0.1) is 0 Å². The van der Waals surface area contributed by atoms with Gasteiger partial charge in [-0.2, -0.15) is 0 Å². The summed E-state index contributed by atoms with van der Waals surface area (Å²) in [5.41, 5.74) is 2.82. The molecule has 0 radical (unpaired) electrons. The molecule has 0 heterocycles. The Morgan fingerprint density at radius 3 is 2.50 bits per heavy atom. The van der Waals surface area contributed by atoms with Gasteiger partial charge < -0.3 is 15.5 Å². The standard InChI is InChI=1S/C20H24FN3O2/c1-13(2)19(25)22-17-9-8-14(3)18(11-17)23-20(26)24(4)12-15-6-5-7-16(21)10-15/h5-11,13H,12H2,1-4H3,(H,22,25)(H,23,26). The molecule has 0 aliphatic carbocycles. The van der Waals surface area contributed by atoms with E-state index in [0.29, 0.717) is 16.9 Å². The van der Waals surface area contributed by atoms with Crippen LogP contribution in [-0.2, 0) is 11.3 Å². The summed E-state index contributed by atoms with van der Waals surface area (Å²) in [5.74, 6) is -0.554. The molecule has 0 atom stereocenters. The van der Waals surface area contributed by atoms with E-state index in [9.17, 15) is 14.0 Å². The summed E-state index contributed by atoms with van der Waals surface area (Å²) in [6.45, 7) is 5.78. The maximum Gasteiger partial charge on any atom is 0.321 e. The van der Waals surface area contributed by atoms with Crippen LogP contribution in [0.4, 0.5) is 20.6 Å². The molecular weight excluding hydrogens is 333 g/mol. The number of urea groups is 1. The molecule has 6 heteroatoms. The second kappa shape index (κ2) is 8.47. The van der Waals surface area contributed by atoms with E-state index in [-0.39, 0.29) is 30.2 Å². The first kappa shape index (κ1) is 19.4. The minimum atomic E-state index is -0.333. The van der Waals surface area contributed by atoms with Crippen LogP contribution in [0.25, 0.3) is 0 Å². The summed E-state index contributed by atoms with van der Waals surface area (Å²) in [4.78, 5) is 25.7. The van der Waals surface area contributed by atoms with E-state index in [0.717, 1.165) is 5.56 Å². The monoisotopic (exact) mass is 357 g/mol. The summed E-state index contributed by atoms with van der Waals surface area (Å²) in [6, 6.07) is 11.2. The fourth-order valence-corrected chi connectivity index (χ4v) is 2.31. The molecule has 0 fully saturated rings. The van der Waals surface area contributed by atoms with Crippen molar-refractivity contribution < 1.29 is 14.0 Å². The molecule has 0 bridgehead atoms. The lowest BCUT2D eigenvalue weighted by Gasteiger charge is -2.19. The Balaban J connectivity index is 2.06. The Kier molecular flexibility index (Phi) is 6.33. The zero-order chi connectivity index (χ0) is 19.3. The van der Waals surface area contributed by atoms with Crippen molar-refractivity contribution in [3.8, 4) is 0 Å². The lowest BCUT2D eigenvalue weighted by Crippen LogP contribution is -2.31. The van der Waals surface area contributed by atoms with Gasteiger partial charge in [0.05, 0.1) is 0 Å². The second-order valence-electron chi connectivity index (χ2n) is 6.59.